The number of nitrogens with one attached hydrogen (secondary N) is 1. The fourth-order valence-corrected chi connectivity index (χ4v) is 2.28. The maximum Gasteiger partial charge on any atom is 0.0489 e. The van der Waals surface area contributed by atoms with Gasteiger partial charge in [0.05, 0.1) is 0 Å². The molecule has 0 aliphatic carbocycles. The van der Waals surface area contributed by atoms with Crippen molar-refractivity contribution in [2.45, 2.75) is 33.7 Å². The zero-order chi connectivity index (χ0) is 11.9. The van der Waals surface area contributed by atoms with Gasteiger partial charge in [-0.1, -0.05) is 32.0 Å². The highest BCUT2D eigenvalue weighted by Gasteiger charge is 2.18. The molecule has 2 aromatic rings. The normalized spacial score (nSPS) is 13.6. The molecule has 2 nitrogen and oxygen atoms in total. The Balaban J connectivity index is 2.70. The number of hydrogen-bond acceptors (Lipinski definition) is 1. The van der Waals surface area contributed by atoms with Crippen LogP contribution in [0.5, 0.6) is 0 Å². The zero-order valence-corrected chi connectivity index (χ0v) is 10.5. The van der Waals surface area contributed by atoms with Crippen molar-refractivity contribution in [3.05, 3.63) is 35.0 Å². The van der Waals surface area contributed by atoms with Gasteiger partial charge in [-0.2, -0.15) is 0 Å². The number of para-hydroxylation sites is 1. The third-order valence-corrected chi connectivity index (χ3v) is 3.33. The van der Waals surface area contributed by atoms with Crippen molar-refractivity contribution in [3.63, 3.8) is 0 Å². The highest BCUT2D eigenvalue weighted by molar-refractivity contribution is 5.87. The van der Waals surface area contributed by atoms with Crippen LogP contribution in [0.1, 0.15) is 36.7 Å². The number of aromatic nitrogens is 1. The van der Waals surface area contributed by atoms with Crippen molar-refractivity contribution in [2.24, 2.45) is 11.7 Å². The highest BCUT2D eigenvalue weighted by Crippen LogP contribution is 2.31. The Bertz CT molecular complexity index is 509. The van der Waals surface area contributed by atoms with Gasteiger partial charge in [0, 0.05) is 22.6 Å². The molecule has 0 spiro atoms. The third kappa shape index (κ3) is 1.63. The van der Waals surface area contributed by atoms with Crippen LogP contribution in [0.2, 0.25) is 0 Å². The Kier molecular flexibility index (Phi) is 2.76. The van der Waals surface area contributed by atoms with Gasteiger partial charge in [-0.05, 0) is 30.9 Å². The summed E-state index contributed by atoms with van der Waals surface area (Å²) in [5.74, 6) is 0.457. The average molecular weight is 216 g/mol. The van der Waals surface area contributed by atoms with E-state index >= 15 is 0 Å². The number of fused-ring (bicyclic) bond motifs is 1. The summed E-state index contributed by atoms with van der Waals surface area (Å²) >= 11 is 0. The fourth-order valence-electron chi connectivity index (χ4n) is 2.28. The van der Waals surface area contributed by atoms with Crippen molar-refractivity contribution in [1.82, 2.24) is 4.98 Å². The summed E-state index contributed by atoms with van der Waals surface area (Å²) in [5.41, 5.74) is 11.3. The molecule has 2 rings (SSSR count). The molecule has 0 aliphatic heterocycles. The lowest BCUT2D eigenvalue weighted by atomic mass is 9.94. The summed E-state index contributed by atoms with van der Waals surface area (Å²) in [7, 11) is 0. The molecule has 1 atom stereocenters. The number of benzene rings is 1. The standard InChI is InChI=1S/C14H20N2/c1-8(2)13(15)12-10(4)16-14-9(3)6-5-7-11(12)14/h5-8,13,16H,15H2,1-4H3. The maximum absolute atomic E-state index is 6.28. The van der Waals surface area contributed by atoms with Gasteiger partial charge in [0.2, 0.25) is 0 Å². The molecule has 16 heavy (non-hydrogen) atoms. The number of nitrogens with two attached hydrogens (primary N) is 1. The van der Waals surface area contributed by atoms with E-state index < -0.39 is 0 Å². The summed E-state index contributed by atoms with van der Waals surface area (Å²) in [6.45, 7) is 8.57. The number of H-pyrrole nitrogens is 1. The van der Waals surface area contributed by atoms with Crippen LogP contribution in [0.4, 0.5) is 0 Å². The van der Waals surface area contributed by atoms with Crippen LogP contribution < -0.4 is 5.73 Å². The van der Waals surface area contributed by atoms with E-state index in [1.54, 1.807) is 0 Å². The van der Waals surface area contributed by atoms with Gasteiger partial charge in [-0.3, -0.25) is 0 Å². The van der Waals surface area contributed by atoms with Gasteiger partial charge in [0.1, 0.15) is 0 Å². The van der Waals surface area contributed by atoms with Crippen LogP contribution >= 0.6 is 0 Å². The minimum atomic E-state index is 0.107. The number of rotatable bonds is 2. The molecule has 1 aromatic heterocycles. The fraction of sp³-hybridized carbons (Fsp3) is 0.429. The van der Waals surface area contributed by atoms with Gasteiger partial charge in [0.15, 0.2) is 0 Å². The SMILES string of the molecule is Cc1[nH]c2c(C)cccc2c1C(N)C(C)C. The maximum atomic E-state index is 6.28. The van der Waals surface area contributed by atoms with Gasteiger partial charge >= 0.3 is 0 Å². The molecule has 0 radical (unpaired) electrons. The van der Waals surface area contributed by atoms with Crippen LogP contribution in [0.15, 0.2) is 18.2 Å². The van der Waals surface area contributed by atoms with Crippen LogP contribution in [-0.4, -0.2) is 4.98 Å². The first kappa shape index (κ1) is 11.2. The summed E-state index contributed by atoms with van der Waals surface area (Å²) in [6, 6.07) is 6.49. The smallest absolute Gasteiger partial charge is 0.0489 e. The van der Waals surface area contributed by atoms with Gasteiger partial charge in [0.25, 0.3) is 0 Å². The monoisotopic (exact) mass is 216 g/mol. The van der Waals surface area contributed by atoms with Crippen molar-refractivity contribution in [3.8, 4) is 0 Å². The first-order valence-electron chi connectivity index (χ1n) is 5.85. The van der Waals surface area contributed by atoms with Crippen molar-refractivity contribution >= 4 is 10.9 Å². The lowest BCUT2D eigenvalue weighted by Crippen LogP contribution is -2.17. The Morgan fingerprint density at radius 1 is 1.19 bits per heavy atom. The second-order valence-electron chi connectivity index (χ2n) is 4.93. The minimum Gasteiger partial charge on any atom is -0.358 e. The third-order valence-electron chi connectivity index (χ3n) is 3.33. The van der Waals surface area contributed by atoms with Crippen LogP contribution in [-0.2, 0) is 0 Å². The van der Waals surface area contributed by atoms with Gasteiger partial charge in [-0.25, -0.2) is 0 Å². The highest BCUT2D eigenvalue weighted by atomic mass is 14.8. The molecule has 1 heterocycles. The van der Waals surface area contributed by atoms with E-state index in [2.05, 4.69) is 50.9 Å². The van der Waals surface area contributed by atoms with E-state index in [4.69, 9.17) is 5.73 Å². The lowest BCUT2D eigenvalue weighted by Gasteiger charge is -2.16. The molecule has 3 N–H and O–H groups in total. The molecule has 2 heteroatoms. The van der Waals surface area contributed by atoms with Crippen molar-refractivity contribution in [1.29, 1.82) is 0 Å². The molecular weight excluding hydrogens is 196 g/mol. The lowest BCUT2D eigenvalue weighted by molar-refractivity contribution is 0.515. The van der Waals surface area contributed by atoms with Crippen LogP contribution in [0.25, 0.3) is 10.9 Å². The summed E-state index contributed by atoms with van der Waals surface area (Å²) in [5, 5.41) is 1.28. The van der Waals surface area contributed by atoms with E-state index in [0.717, 1.165) is 0 Å². The molecule has 0 bridgehead atoms. The van der Waals surface area contributed by atoms with Gasteiger partial charge in [-0.15, -0.1) is 0 Å². The van der Waals surface area contributed by atoms with Crippen LogP contribution in [0.3, 0.4) is 0 Å². The molecule has 0 fully saturated rings. The van der Waals surface area contributed by atoms with E-state index in [1.165, 1.54) is 27.7 Å². The molecule has 0 amide bonds. The van der Waals surface area contributed by atoms with Gasteiger partial charge < -0.3 is 10.7 Å². The van der Waals surface area contributed by atoms with Crippen molar-refractivity contribution in [2.75, 3.05) is 0 Å². The Hall–Kier alpha value is -1.28. The molecule has 1 unspecified atom stereocenters. The number of aromatic amines is 1. The number of aryl methyl sites for hydroxylation is 2. The Morgan fingerprint density at radius 2 is 1.88 bits per heavy atom. The second-order valence-corrected chi connectivity index (χ2v) is 4.93. The largest absolute Gasteiger partial charge is 0.358 e. The first-order chi connectivity index (χ1) is 7.52. The average Bonchev–Trinajstić information content (AvgIpc) is 2.55. The summed E-state index contributed by atoms with van der Waals surface area (Å²) in [4.78, 5) is 3.45. The van der Waals surface area contributed by atoms with Crippen LogP contribution in [0, 0.1) is 19.8 Å². The minimum absolute atomic E-state index is 0.107. The molecular formula is C14H20N2. The zero-order valence-electron chi connectivity index (χ0n) is 10.5. The second kappa shape index (κ2) is 3.95. The van der Waals surface area contributed by atoms with E-state index in [0.29, 0.717) is 5.92 Å². The van der Waals surface area contributed by atoms with Crippen molar-refractivity contribution < 1.29 is 0 Å². The first-order valence-corrected chi connectivity index (χ1v) is 5.85. The van der Waals surface area contributed by atoms with E-state index in [-0.39, 0.29) is 6.04 Å². The molecule has 0 aliphatic rings. The van der Waals surface area contributed by atoms with E-state index in [9.17, 15) is 0 Å². The topological polar surface area (TPSA) is 41.8 Å². The number of hydrogen-bond donors (Lipinski definition) is 2. The summed E-state index contributed by atoms with van der Waals surface area (Å²) < 4.78 is 0. The quantitative estimate of drug-likeness (QED) is 0.793. The summed E-state index contributed by atoms with van der Waals surface area (Å²) in [6.07, 6.45) is 0. The molecule has 1 aromatic carbocycles. The predicted molar refractivity (Wildman–Crippen MR) is 69.5 cm³/mol. The molecule has 0 saturated carbocycles. The predicted octanol–water partition coefficient (Wildman–Crippen LogP) is 3.44. The Morgan fingerprint density at radius 3 is 2.50 bits per heavy atom. The Labute approximate surface area is 96.9 Å². The van der Waals surface area contributed by atoms with E-state index in [1.807, 2.05) is 0 Å². The molecule has 86 valence electrons. The molecule has 0 saturated heterocycles.